The summed E-state index contributed by atoms with van der Waals surface area (Å²) in [5.74, 6) is 0.412. The van der Waals surface area contributed by atoms with Gasteiger partial charge in [0, 0.05) is 28.6 Å². The number of aliphatic imine (C=N–C) groups is 1. The van der Waals surface area contributed by atoms with Gasteiger partial charge in [-0.1, -0.05) is 17.7 Å². The Balaban J connectivity index is 1.94. The second-order valence-corrected chi connectivity index (χ2v) is 7.02. The van der Waals surface area contributed by atoms with E-state index in [-0.39, 0.29) is 5.82 Å². The molecule has 0 radical (unpaired) electrons. The van der Waals surface area contributed by atoms with E-state index in [1.165, 1.54) is 10.9 Å². The third kappa shape index (κ3) is 5.18. The van der Waals surface area contributed by atoms with E-state index in [4.69, 9.17) is 11.6 Å². The minimum Gasteiger partial charge on any atom is -0.357 e. The van der Waals surface area contributed by atoms with Crippen LogP contribution in [-0.2, 0) is 13.0 Å². The molecule has 0 atom stereocenters. The van der Waals surface area contributed by atoms with Crippen LogP contribution in [0.5, 0.6) is 0 Å². The van der Waals surface area contributed by atoms with Crippen LogP contribution >= 0.6 is 22.9 Å². The van der Waals surface area contributed by atoms with Gasteiger partial charge in [0.15, 0.2) is 5.96 Å². The molecule has 0 aliphatic carbocycles. The molecule has 0 amide bonds. The van der Waals surface area contributed by atoms with Crippen LogP contribution in [0, 0.1) is 19.7 Å². The Kier molecular flexibility index (Phi) is 6.99. The normalized spacial score (nSPS) is 11.6. The molecule has 0 bridgehead atoms. The summed E-state index contributed by atoms with van der Waals surface area (Å²) in [4.78, 5) is 10.2. The Morgan fingerprint density at radius 2 is 2.12 bits per heavy atom. The lowest BCUT2D eigenvalue weighted by Crippen LogP contribution is -2.38. The van der Waals surface area contributed by atoms with Crippen molar-refractivity contribution >= 4 is 28.9 Å². The topological polar surface area (TPSA) is 49.3 Å². The summed E-state index contributed by atoms with van der Waals surface area (Å²) < 4.78 is 13.8. The van der Waals surface area contributed by atoms with Gasteiger partial charge in [-0.2, -0.15) is 0 Å². The molecule has 0 spiro atoms. The molecule has 2 aromatic rings. The number of nitrogens with zero attached hydrogens (tertiary/aromatic N) is 2. The molecule has 130 valence electrons. The summed E-state index contributed by atoms with van der Waals surface area (Å²) >= 11 is 7.70. The molecule has 7 heteroatoms. The Bertz CT molecular complexity index is 675. The van der Waals surface area contributed by atoms with Crippen molar-refractivity contribution in [3.8, 4) is 0 Å². The van der Waals surface area contributed by atoms with Gasteiger partial charge in [0.25, 0.3) is 0 Å². The average molecular weight is 369 g/mol. The van der Waals surface area contributed by atoms with Crippen molar-refractivity contribution in [1.82, 2.24) is 15.6 Å². The number of hydrogen-bond donors (Lipinski definition) is 2. The van der Waals surface area contributed by atoms with E-state index in [2.05, 4.69) is 27.5 Å². The zero-order valence-electron chi connectivity index (χ0n) is 14.1. The Morgan fingerprint density at radius 3 is 2.75 bits per heavy atom. The largest absolute Gasteiger partial charge is 0.357 e. The fourth-order valence-electron chi connectivity index (χ4n) is 2.17. The van der Waals surface area contributed by atoms with Crippen molar-refractivity contribution in [2.75, 3.05) is 13.1 Å². The average Bonchev–Trinajstić information content (AvgIpc) is 2.86. The summed E-state index contributed by atoms with van der Waals surface area (Å²) in [6, 6.07) is 4.73. The number of nitrogens with one attached hydrogen (secondary N) is 2. The molecule has 4 nitrogen and oxygen atoms in total. The van der Waals surface area contributed by atoms with Crippen LogP contribution < -0.4 is 10.6 Å². The van der Waals surface area contributed by atoms with E-state index in [1.54, 1.807) is 23.5 Å². The van der Waals surface area contributed by atoms with E-state index in [9.17, 15) is 4.39 Å². The zero-order chi connectivity index (χ0) is 17.5. The molecule has 0 saturated carbocycles. The van der Waals surface area contributed by atoms with Gasteiger partial charge in [0.2, 0.25) is 0 Å². The van der Waals surface area contributed by atoms with Gasteiger partial charge in [-0.25, -0.2) is 14.4 Å². The van der Waals surface area contributed by atoms with Crippen molar-refractivity contribution < 1.29 is 4.39 Å². The summed E-state index contributed by atoms with van der Waals surface area (Å²) in [5, 5.41) is 7.82. The zero-order valence-corrected chi connectivity index (χ0v) is 15.7. The molecule has 2 rings (SSSR count). The smallest absolute Gasteiger partial charge is 0.191 e. The number of rotatable bonds is 6. The quantitative estimate of drug-likeness (QED) is 0.601. The van der Waals surface area contributed by atoms with Crippen molar-refractivity contribution in [2.24, 2.45) is 4.99 Å². The Labute approximate surface area is 151 Å². The van der Waals surface area contributed by atoms with Gasteiger partial charge < -0.3 is 10.6 Å². The summed E-state index contributed by atoms with van der Waals surface area (Å²) in [5.41, 5.74) is 1.58. The van der Waals surface area contributed by atoms with E-state index in [0.717, 1.165) is 17.2 Å². The fraction of sp³-hybridized carbons (Fsp3) is 0.412. The maximum Gasteiger partial charge on any atom is 0.191 e. The summed E-state index contributed by atoms with van der Waals surface area (Å²) in [7, 11) is 0. The minimum atomic E-state index is -0.278. The first-order valence-corrected chi connectivity index (χ1v) is 9.08. The van der Waals surface area contributed by atoms with Gasteiger partial charge in [0.1, 0.15) is 10.8 Å². The Morgan fingerprint density at radius 1 is 1.33 bits per heavy atom. The van der Waals surface area contributed by atoms with Crippen LogP contribution in [-0.4, -0.2) is 24.0 Å². The molecule has 0 aliphatic heterocycles. The minimum absolute atomic E-state index is 0.278. The second kappa shape index (κ2) is 8.99. The van der Waals surface area contributed by atoms with Crippen LogP contribution in [0.4, 0.5) is 4.39 Å². The monoisotopic (exact) mass is 368 g/mol. The van der Waals surface area contributed by atoms with E-state index in [0.29, 0.717) is 36.1 Å². The van der Waals surface area contributed by atoms with Crippen LogP contribution in [0.3, 0.4) is 0 Å². The van der Waals surface area contributed by atoms with Crippen molar-refractivity contribution in [3.63, 3.8) is 0 Å². The second-order valence-electron chi connectivity index (χ2n) is 5.32. The third-order valence-electron chi connectivity index (χ3n) is 3.52. The van der Waals surface area contributed by atoms with Crippen molar-refractivity contribution in [2.45, 2.75) is 33.7 Å². The Hall–Kier alpha value is -1.66. The van der Waals surface area contributed by atoms with Crippen LogP contribution in [0.2, 0.25) is 5.02 Å². The van der Waals surface area contributed by atoms with Gasteiger partial charge in [-0.3, -0.25) is 0 Å². The van der Waals surface area contributed by atoms with Gasteiger partial charge in [0.05, 0.1) is 12.2 Å². The lowest BCUT2D eigenvalue weighted by atomic mass is 10.1. The highest BCUT2D eigenvalue weighted by Crippen LogP contribution is 2.19. The predicted molar refractivity (Wildman–Crippen MR) is 99.5 cm³/mol. The van der Waals surface area contributed by atoms with E-state index < -0.39 is 0 Å². The number of aryl methyl sites for hydroxylation is 2. The standard InChI is InChI=1S/C17H22ClFN4S/c1-4-20-17(22-10-16-23-11(2)12(3)24-16)21-9-8-13-14(18)6-5-7-15(13)19/h5-7H,4,8-10H2,1-3H3,(H2,20,21,22). The molecule has 1 aromatic heterocycles. The van der Waals surface area contributed by atoms with Gasteiger partial charge in [-0.15, -0.1) is 11.3 Å². The molecule has 0 fully saturated rings. The predicted octanol–water partition coefficient (Wildman–Crippen LogP) is 3.85. The van der Waals surface area contributed by atoms with E-state index >= 15 is 0 Å². The molecule has 1 heterocycles. The maximum atomic E-state index is 13.8. The molecule has 0 aliphatic rings. The van der Waals surface area contributed by atoms with Gasteiger partial charge >= 0.3 is 0 Å². The first-order valence-electron chi connectivity index (χ1n) is 7.89. The lowest BCUT2D eigenvalue weighted by Gasteiger charge is -2.12. The maximum absolute atomic E-state index is 13.8. The molecule has 2 N–H and O–H groups in total. The highest BCUT2D eigenvalue weighted by molar-refractivity contribution is 7.11. The van der Waals surface area contributed by atoms with Crippen LogP contribution in [0.25, 0.3) is 0 Å². The molecular weight excluding hydrogens is 347 g/mol. The molecule has 0 unspecified atom stereocenters. The summed E-state index contributed by atoms with van der Waals surface area (Å²) in [6.45, 7) is 7.88. The SMILES string of the molecule is CCNC(=NCc1nc(C)c(C)s1)NCCc1c(F)cccc1Cl. The molecule has 1 aromatic carbocycles. The molecular formula is C17H22ClFN4S. The molecule has 24 heavy (non-hydrogen) atoms. The number of guanidine groups is 1. The first kappa shape index (κ1) is 18.7. The highest BCUT2D eigenvalue weighted by Gasteiger charge is 2.07. The number of thiazole rings is 1. The number of halogens is 2. The number of hydrogen-bond acceptors (Lipinski definition) is 3. The van der Waals surface area contributed by atoms with Crippen LogP contribution in [0.1, 0.15) is 28.1 Å². The van der Waals surface area contributed by atoms with Gasteiger partial charge in [-0.05, 0) is 39.3 Å². The van der Waals surface area contributed by atoms with Crippen molar-refractivity contribution in [1.29, 1.82) is 0 Å². The highest BCUT2D eigenvalue weighted by atomic mass is 35.5. The lowest BCUT2D eigenvalue weighted by molar-refractivity contribution is 0.607. The van der Waals surface area contributed by atoms with Crippen molar-refractivity contribution in [3.05, 3.63) is 50.2 Å². The summed E-state index contributed by atoms with van der Waals surface area (Å²) in [6.07, 6.45) is 0.491. The fourth-order valence-corrected chi connectivity index (χ4v) is 3.29. The van der Waals surface area contributed by atoms with E-state index in [1.807, 2.05) is 13.8 Å². The third-order valence-corrected chi connectivity index (χ3v) is 4.93. The number of benzene rings is 1. The molecule has 0 saturated heterocycles. The first-order chi connectivity index (χ1) is 11.5. The van der Waals surface area contributed by atoms with Crippen LogP contribution in [0.15, 0.2) is 23.2 Å². The number of aromatic nitrogens is 1.